The van der Waals surface area contributed by atoms with Gasteiger partial charge in [-0.3, -0.25) is 4.79 Å². The van der Waals surface area contributed by atoms with Gasteiger partial charge in [-0.15, -0.1) is 0 Å². The van der Waals surface area contributed by atoms with Crippen LogP contribution in [0.15, 0.2) is 40.1 Å². The van der Waals surface area contributed by atoms with E-state index in [1.54, 1.807) is 12.1 Å². The highest BCUT2D eigenvalue weighted by molar-refractivity contribution is 6.01. The van der Waals surface area contributed by atoms with E-state index in [9.17, 15) is 9.90 Å². The summed E-state index contributed by atoms with van der Waals surface area (Å²) in [4.78, 5) is 12.9. The molecular weight excluding hydrogens is 304 g/mol. The Morgan fingerprint density at radius 2 is 1.96 bits per heavy atom. The van der Waals surface area contributed by atoms with Gasteiger partial charge in [0.1, 0.15) is 5.75 Å². The summed E-state index contributed by atoms with van der Waals surface area (Å²) in [5.41, 5.74) is 4.31. The average Bonchev–Trinajstić information content (AvgIpc) is 2.86. The number of Topliss-reactive ketones (excluding diaryl/α,β-unsaturated/α-hetero) is 1. The summed E-state index contributed by atoms with van der Waals surface area (Å²) in [6, 6.07) is 7.02. The number of fused-ring (bicyclic) bond motifs is 1. The number of allylic oxidation sites excluding steroid dienone is 2. The number of phenolic OH excluding ortho intramolecular Hbond substituents is 1. The van der Waals surface area contributed by atoms with E-state index >= 15 is 0 Å². The van der Waals surface area contributed by atoms with Crippen LogP contribution in [0.2, 0.25) is 0 Å². The van der Waals surface area contributed by atoms with Crippen LogP contribution in [0.4, 0.5) is 5.88 Å². The zero-order chi connectivity index (χ0) is 17.1. The number of ketones is 1. The Bertz CT molecular complexity index is 859. The smallest absolute Gasteiger partial charge is 0.233 e. The van der Waals surface area contributed by atoms with Crippen LogP contribution in [0.5, 0.6) is 5.75 Å². The van der Waals surface area contributed by atoms with Crippen LogP contribution in [-0.4, -0.2) is 16.0 Å². The van der Waals surface area contributed by atoms with Crippen molar-refractivity contribution in [3.05, 3.63) is 52.4 Å². The van der Waals surface area contributed by atoms with E-state index < -0.39 is 0 Å². The summed E-state index contributed by atoms with van der Waals surface area (Å²) in [5.74, 6) is 0.792. The van der Waals surface area contributed by atoms with Crippen molar-refractivity contribution in [2.75, 3.05) is 5.32 Å². The van der Waals surface area contributed by atoms with Gasteiger partial charge in [-0.25, -0.2) is 0 Å². The number of hydrogen-bond acceptors (Lipinski definition) is 5. The molecule has 5 nitrogen and oxygen atoms in total. The number of aromatic nitrogens is 1. The standard InChI is InChI=1S/C19H20N2O3/c1-10-15-16(11-4-6-12(22)7-5-11)17-13(20-18(15)24-21-10)8-19(2,3)9-14(17)23/h4-7,16,20,22H,8-9H2,1-3H3. The lowest BCUT2D eigenvalue weighted by molar-refractivity contribution is -0.118. The number of anilines is 1. The number of phenols is 1. The van der Waals surface area contributed by atoms with Gasteiger partial charge in [0.25, 0.3) is 0 Å². The van der Waals surface area contributed by atoms with Crippen molar-refractivity contribution < 1.29 is 14.4 Å². The molecule has 1 aliphatic heterocycles. The Morgan fingerprint density at radius 1 is 1.25 bits per heavy atom. The molecule has 0 spiro atoms. The number of rotatable bonds is 1. The Balaban J connectivity index is 1.93. The molecule has 1 atom stereocenters. The number of nitrogens with one attached hydrogen (secondary N) is 1. The van der Waals surface area contributed by atoms with Crippen LogP contribution in [0, 0.1) is 12.3 Å². The third-order valence-corrected chi connectivity index (χ3v) is 4.90. The highest BCUT2D eigenvalue weighted by atomic mass is 16.5. The zero-order valence-electron chi connectivity index (χ0n) is 14.0. The summed E-state index contributed by atoms with van der Waals surface area (Å²) in [7, 11) is 0. The number of hydrogen-bond donors (Lipinski definition) is 2. The first kappa shape index (κ1) is 15.0. The molecule has 2 heterocycles. The van der Waals surface area contributed by atoms with Gasteiger partial charge in [-0.05, 0) is 36.5 Å². The maximum Gasteiger partial charge on any atom is 0.233 e. The number of benzene rings is 1. The lowest BCUT2D eigenvalue weighted by Gasteiger charge is -2.37. The second-order valence-electron chi connectivity index (χ2n) is 7.49. The van der Waals surface area contributed by atoms with E-state index in [0.717, 1.165) is 34.5 Å². The lowest BCUT2D eigenvalue weighted by atomic mass is 9.69. The minimum Gasteiger partial charge on any atom is -0.508 e. The molecule has 0 saturated heterocycles. The number of aromatic hydroxyl groups is 1. The Hall–Kier alpha value is -2.56. The van der Waals surface area contributed by atoms with Gasteiger partial charge in [0.05, 0.1) is 11.3 Å². The van der Waals surface area contributed by atoms with Crippen molar-refractivity contribution in [1.29, 1.82) is 0 Å². The molecule has 1 aromatic heterocycles. The van der Waals surface area contributed by atoms with Crippen molar-refractivity contribution in [2.24, 2.45) is 5.41 Å². The second kappa shape index (κ2) is 4.97. The largest absolute Gasteiger partial charge is 0.508 e. The van der Waals surface area contributed by atoms with Gasteiger partial charge in [-0.1, -0.05) is 31.1 Å². The van der Waals surface area contributed by atoms with E-state index in [4.69, 9.17) is 4.52 Å². The van der Waals surface area contributed by atoms with Gasteiger partial charge in [0.2, 0.25) is 5.88 Å². The maximum atomic E-state index is 12.9. The number of aryl methyl sites for hydroxylation is 1. The Kier molecular flexibility index (Phi) is 3.10. The van der Waals surface area contributed by atoms with Gasteiger partial charge >= 0.3 is 0 Å². The molecule has 2 N–H and O–H groups in total. The van der Waals surface area contributed by atoms with Crippen LogP contribution in [0.25, 0.3) is 0 Å². The van der Waals surface area contributed by atoms with E-state index in [0.29, 0.717) is 12.3 Å². The normalized spacial score (nSPS) is 22.0. The van der Waals surface area contributed by atoms with Crippen LogP contribution >= 0.6 is 0 Å². The van der Waals surface area contributed by atoms with Gasteiger partial charge in [0, 0.05) is 23.6 Å². The molecule has 2 aliphatic rings. The Morgan fingerprint density at radius 3 is 2.67 bits per heavy atom. The lowest BCUT2D eigenvalue weighted by Crippen LogP contribution is -2.33. The molecule has 0 radical (unpaired) electrons. The van der Waals surface area contributed by atoms with E-state index in [2.05, 4.69) is 24.3 Å². The zero-order valence-corrected chi connectivity index (χ0v) is 14.0. The minimum atomic E-state index is -0.202. The maximum absolute atomic E-state index is 12.9. The molecule has 5 heteroatoms. The molecular formula is C19H20N2O3. The topological polar surface area (TPSA) is 75.4 Å². The highest BCUT2D eigenvalue weighted by Crippen LogP contribution is 2.49. The second-order valence-corrected chi connectivity index (χ2v) is 7.49. The summed E-state index contributed by atoms with van der Waals surface area (Å²) < 4.78 is 5.46. The molecule has 2 aromatic rings. The predicted octanol–water partition coefficient (Wildman–Crippen LogP) is 3.89. The molecule has 0 saturated carbocycles. The average molecular weight is 324 g/mol. The SMILES string of the molecule is Cc1noc2c1C(c1ccc(O)cc1)C1=C(CC(C)(C)CC1=O)N2. The fourth-order valence-corrected chi connectivity index (χ4v) is 3.87. The molecule has 124 valence electrons. The number of carbonyl (C=O) groups excluding carboxylic acids is 1. The Labute approximate surface area is 140 Å². The first-order valence-electron chi connectivity index (χ1n) is 8.14. The fourth-order valence-electron chi connectivity index (χ4n) is 3.87. The summed E-state index contributed by atoms with van der Waals surface area (Å²) in [6.45, 7) is 6.10. The van der Waals surface area contributed by atoms with Crippen molar-refractivity contribution in [2.45, 2.75) is 39.5 Å². The molecule has 1 aliphatic carbocycles. The van der Waals surface area contributed by atoms with Crippen molar-refractivity contribution in [1.82, 2.24) is 5.16 Å². The van der Waals surface area contributed by atoms with Crippen LogP contribution in [0.3, 0.4) is 0 Å². The summed E-state index contributed by atoms with van der Waals surface area (Å²) in [5, 5.41) is 17.0. The quantitative estimate of drug-likeness (QED) is 0.832. The minimum absolute atomic E-state index is 0.0744. The van der Waals surface area contributed by atoms with E-state index in [1.807, 2.05) is 19.1 Å². The molecule has 0 fully saturated rings. The number of carbonyl (C=O) groups is 1. The highest BCUT2D eigenvalue weighted by Gasteiger charge is 2.42. The third-order valence-electron chi connectivity index (χ3n) is 4.90. The fraction of sp³-hybridized carbons (Fsp3) is 0.368. The van der Waals surface area contributed by atoms with Crippen LogP contribution in [-0.2, 0) is 4.79 Å². The molecule has 0 bridgehead atoms. The van der Waals surface area contributed by atoms with Gasteiger partial charge < -0.3 is 14.9 Å². The first-order chi connectivity index (χ1) is 11.4. The first-order valence-corrected chi connectivity index (χ1v) is 8.14. The van der Waals surface area contributed by atoms with E-state index in [1.165, 1.54) is 0 Å². The molecule has 1 aromatic carbocycles. The molecule has 24 heavy (non-hydrogen) atoms. The predicted molar refractivity (Wildman–Crippen MR) is 89.9 cm³/mol. The van der Waals surface area contributed by atoms with Crippen LogP contribution in [0.1, 0.15) is 49.4 Å². The van der Waals surface area contributed by atoms with Crippen molar-refractivity contribution >= 4 is 11.7 Å². The summed E-state index contributed by atoms with van der Waals surface area (Å²) in [6.07, 6.45) is 1.32. The third kappa shape index (κ3) is 2.23. The van der Waals surface area contributed by atoms with Gasteiger partial charge in [0.15, 0.2) is 5.78 Å². The van der Waals surface area contributed by atoms with Crippen LogP contribution < -0.4 is 5.32 Å². The van der Waals surface area contributed by atoms with E-state index in [-0.39, 0.29) is 22.9 Å². The van der Waals surface area contributed by atoms with Crippen molar-refractivity contribution in [3.63, 3.8) is 0 Å². The van der Waals surface area contributed by atoms with Crippen molar-refractivity contribution in [3.8, 4) is 5.75 Å². The number of nitrogens with zero attached hydrogens (tertiary/aromatic N) is 1. The monoisotopic (exact) mass is 324 g/mol. The molecule has 0 amide bonds. The molecule has 1 unspecified atom stereocenters. The molecule has 4 rings (SSSR count). The summed E-state index contributed by atoms with van der Waals surface area (Å²) >= 11 is 0. The van der Waals surface area contributed by atoms with Gasteiger partial charge in [-0.2, -0.15) is 0 Å².